The van der Waals surface area contributed by atoms with Gasteiger partial charge in [-0.05, 0) is 165 Å². The lowest BCUT2D eigenvalue weighted by atomic mass is 9.33. The van der Waals surface area contributed by atoms with Crippen LogP contribution in [-0.2, 0) is 0 Å². The van der Waals surface area contributed by atoms with Crippen LogP contribution in [0, 0.1) is 22.7 Å². The number of anilines is 6. The molecule has 8 nitrogen and oxygen atoms in total. The number of fused-ring (bicyclic) bond motifs is 16. The summed E-state index contributed by atoms with van der Waals surface area (Å²) in [5.41, 5.74) is 17.1. The predicted octanol–water partition coefficient (Wildman–Crippen LogP) is 25.0. The van der Waals surface area contributed by atoms with E-state index in [0.717, 1.165) is 93.8 Å². The molecule has 0 unspecified atom stereocenters. The molecule has 522 valence electrons. The Balaban J connectivity index is 0.945. The number of hydrogen-bond donors (Lipinski definition) is 0. The maximum atomic E-state index is 10.8. The first-order valence-electron chi connectivity index (χ1n) is 44.2. The van der Waals surface area contributed by atoms with E-state index in [2.05, 4.69) is 142 Å². The van der Waals surface area contributed by atoms with Crippen LogP contribution in [0.25, 0.3) is 160 Å². The molecule has 9 heteroatoms. The van der Waals surface area contributed by atoms with Crippen molar-refractivity contribution in [3.8, 4) is 84.8 Å². The average Bonchev–Trinajstić information content (AvgIpc) is 1.56. The average molecular weight is 1450 g/mol. The van der Waals surface area contributed by atoms with E-state index >= 15 is 0 Å². The summed E-state index contributed by atoms with van der Waals surface area (Å²) in [7, 11) is 0. The largest absolute Gasteiger partial charge is 0.454 e. The maximum absolute atomic E-state index is 10.8. The quantitative estimate of drug-likeness (QED) is 0.127. The molecule has 21 aromatic rings. The van der Waals surface area contributed by atoms with Crippen LogP contribution in [0.1, 0.15) is 30.3 Å². The summed E-state index contributed by atoms with van der Waals surface area (Å²) in [6.45, 7) is -0.860. The zero-order valence-corrected chi connectivity index (χ0v) is 59.8. The number of rotatable bonds is 10. The van der Waals surface area contributed by atoms with E-state index in [0.29, 0.717) is 61.8 Å². The van der Waals surface area contributed by atoms with Crippen LogP contribution in [0.3, 0.4) is 0 Å². The summed E-state index contributed by atoms with van der Waals surface area (Å²) in [6, 6.07) is 94.5. The lowest BCUT2D eigenvalue weighted by Gasteiger charge is -2.46. The Hall–Kier alpha value is -15.4. The monoisotopic (exact) mass is 1450 g/mol. The second kappa shape index (κ2) is 25.1. The molecule has 17 aromatic carbocycles. The molecular weight excluding hydrogens is 1370 g/mol. The molecule has 0 N–H and O–H groups in total. The van der Waals surface area contributed by atoms with Crippen LogP contribution in [0.5, 0.6) is 0 Å². The molecule has 23 rings (SSSR count). The zero-order chi connectivity index (χ0) is 86.7. The van der Waals surface area contributed by atoms with Gasteiger partial charge >= 0.3 is 0 Å². The van der Waals surface area contributed by atoms with Gasteiger partial charge in [0.15, 0.2) is 5.58 Å². The summed E-state index contributed by atoms with van der Waals surface area (Å²) in [6.07, 6.45) is 0. The molecule has 0 spiro atoms. The number of para-hydroxylation sites is 7. The predicted molar refractivity (Wildman–Crippen MR) is 467 cm³/mol. The molecule has 0 radical (unpaired) electrons. The van der Waals surface area contributed by atoms with Crippen LogP contribution < -0.4 is 26.2 Å². The summed E-state index contributed by atoms with van der Waals surface area (Å²) in [5, 5.41) is 24.8. The molecule has 0 fully saturated rings. The van der Waals surface area contributed by atoms with E-state index in [9.17, 15) is 29.7 Å². The van der Waals surface area contributed by atoms with Crippen LogP contribution in [0.15, 0.2) is 380 Å². The Morgan fingerprint density at radius 1 is 0.292 bits per heavy atom. The maximum Gasteiger partial charge on any atom is 0.252 e. The van der Waals surface area contributed by atoms with Crippen LogP contribution in [-0.4, -0.2) is 20.4 Å². The number of nitriles is 2. The van der Waals surface area contributed by atoms with Crippen LogP contribution in [0.2, 0.25) is 0 Å². The molecule has 6 heterocycles. The third kappa shape index (κ3) is 9.63. The molecule has 0 bridgehead atoms. The molecule has 2 aliphatic heterocycles. The van der Waals surface area contributed by atoms with Crippen molar-refractivity contribution < 1.29 is 23.6 Å². The fourth-order valence-corrected chi connectivity index (χ4v) is 17.8. The molecular formula is C104H62BN7O. The topological polar surface area (TPSA) is 82.0 Å². The summed E-state index contributed by atoms with van der Waals surface area (Å²) in [5.74, 6) is 0. The Bertz CT molecular complexity index is 8030. The Morgan fingerprint density at radius 3 is 1.15 bits per heavy atom. The summed E-state index contributed by atoms with van der Waals surface area (Å²) < 4.78 is 148. The molecule has 0 amide bonds. The van der Waals surface area contributed by atoms with E-state index in [1.807, 2.05) is 176 Å². The Kier molecular flexibility index (Phi) is 11.3. The molecule has 113 heavy (non-hydrogen) atoms. The van der Waals surface area contributed by atoms with Crippen molar-refractivity contribution in [3.05, 3.63) is 387 Å². The van der Waals surface area contributed by atoms with Gasteiger partial charge in [-0.1, -0.05) is 261 Å². The van der Waals surface area contributed by atoms with Crippen molar-refractivity contribution in [1.29, 1.82) is 10.5 Å². The van der Waals surface area contributed by atoms with Gasteiger partial charge in [0.2, 0.25) is 0 Å². The fourth-order valence-electron chi connectivity index (χ4n) is 17.8. The van der Waals surface area contributed by atoms with Crippen molar-refractivity contribution in [1.82, 2.24) is 13.7 Å². The van der Waals surface area contributed by atoms with Gasteiger partial charge in [0.25, 0.3) is 6.71 Å². The summed E-state index contributed by atoms with van der Waals surface area (Å²) >= 11 is 0. The number of benzene rings is 17. The Labute approximate surface area is 670 Å². The molecule has 0 atom stereocenters. The van der Waals surface area contributed by atoms with E-state index in [1.54, 1.807) is 9.13 Å². The van der Waals surface area contributed by atoms with Gasteiger partial charge in [-0.2, -0.15) is 10.5 Å². The lowest BCUT2D eigenvalue weighted by molar-refractivity contribution is 0.666. The first kappa shape index (κ1) is 51.0. The second-order valence-electron chi connectivity index (χ2n) is 28.5. The zero-order valence-electron chi connectivity index (χ0n) is 73.8. The van der Waals surface area contributed by atoms with E-state index in [-0.39, 0.29) is 55.0 Å². The molecule has 4 aromatic heterocycles. The van der Waals surface area contributed by atoms with Crippen molar-refractivity contribution in [2.24, 2.45) is 0 Å². The second-order valence-corrected chi connectivity index (χ2v) is 28.5. The van der Waals surface area contributed by atoms with Gasteiger partial charge < -0.3 is 27.9 Å². The van der Waals surface area contributed by atoms with Gasteiger partial charge in [0, 0.05) is 99.5 Å². The number of aromatic nitrogens is 3. The van der Waals surface area contributed by atoms with Gasteiger partial charge in [-0.25, -0.2) is 0 Å². The number of furan rings is 1. The molecule has 0 saturated heterocycles. The number of nitrogens with zero attached hydrogens (tertiary/aromatic N) is 7. The van der Waals surface area contributed by atoms with Gasteiger partial charge in [0.1, 0.15) is 5.58 Å². The SMILES string of the molecule is [2H]c1c([2H])c([2H])c2c(c1[2H])c1c([2H])c(C#N)c([2H])c([2H])c1n2-c1ccc2c(c1)N(c1c(-c3ccccc3)cccc1-c1ccccc1)c1cc(-c3cc(-n4c5ccccc5c5ccccc54)c4oc5ccccc5c4c3)cc3c1B2c1ccc(-n2c4c([2H])c([2H])c([2H])c([2H])c4c4c([2H])c(C#N)c([2H])c([2H])c42)cc1N3c1c(-c2ccccc2)cccc1-c1ccccc1. The third-order valence-electron chi connectivity index (χ3n) is 22.6. The van der Waals surface area contributed by atoms with Gasteiger partial charge in [0.05, 0.1) is 92.6 Å². The standard InChI is InChI=1S/C104H62BN7O/c106-63-65-47-53-93-84(55-65)81-35-15-18-42-89(81)108(93)73-49-51-87-95(61-73)111(102-75(67-25-5-1-6-26-67)38-23-39-76(102)68-27-7-2-8-28-68)97-58-72(71-57-86-83-37-17-22-46-100(83)113-104(86)99(60-71)110-91-44-20-13-33-79(91)80-34-14-21-45-92(80)110)59-98-101(97)105(87)88-52-50-74(109-90-43-19-16-36-82(90)85-56-66(64-107)48-54-94(85)109)62-96(88)112(98)103-77(69-29-9-3-10-30-69)40-24-41-78(103)70-31-11-4-12-32-70/h1-62H/i15D,16D,18D,19D,35D,36D,42D,43D,47D,48D,53D,54D,55D,56D. The first-order chi connectivity index (χ1) is 61.8. The molecule has 0 aliphatic carbocycles. The summed E-state index contributed by atoms with van der Waals surface area (Å²) in [4.78, 5) is 4.58. The van der Waals surface area contributed by atoms with Crippen molar-refractivity contribution in [3.63, 3.8) is 0 Å². The fraction of sp³-hybridized carbons (Fsp3) is 0. The molecule has 2 aliphatic rings. The highest BCUT2D eigenvalue weighted by molar-refractivity contribution is 7.00. The van der Waals surface area contributed by atoms with E-state index < -0.39 is 102 Å². The van der Waals surface area contributed by atoms with Gasteiger partial charge in [-0.3, -0.25) is 0 Å². The minimum Gasteiger partial charge on any atom is -0.454 e. The van der Waals surface area contributed by atoms with Crippen molar-refractivity contribution >= 4 is 145 Å². The van der Waals surface area contributed by atoms with E-state index in [4.69, 9.17) is 4.42 Å². The highest BCUT2D eigenvalue weighted by atomic mass is 16.3. The minimum atomic E-state index is -0.860. The van der Waals surface area contributed by atoms with Crippen molar-refractivity contribution in [2.75, 3.05) is 9.80 Å². The van der Waals surface area contributed by atoms with Crippen molar-refractivity contribution in [2.45, 2.75) is 0 Å². The van der Waals surface area contributed by atoms with Crippen LogP contribution >= 0.6 is 0 Å². The Morgan fingerprint density at radius 2 is 0.690 bits per heavy atom. The highest BCUT2D eigenvalue weighted by Crippen LogP contribution is 2.55. The highest BCUT2D eigenvalue weighted by Gasteiger charge is 2.46. The number of hydrogen-bond acceptors (Lipinski definition) is 5. The third-order valence-corrected chi connectivity index (χ3v) is 22.6. The van der Waals surface area contributed by atoms with Gasteiger partial charge in [-0.15, -0.1) is 0 Å². The smallest absolute Gasteiger partial charge is 0.252 e. The lowest BCUT2D eigenvalue weighted by Crippen LogP contribution is -2.61. The van der Waals surface area contributed by atoms with Crippen LogP contribution in [0.4, 0.5) is 34.1 Å². The normalized spacial score (nSPS) is 14.1. The van der Waals surface area contributed by atoms with E-state index in [1.165, 1.54) is 0 Å². The molecule has 0 saturated carbocycles. The first-order valence-corrected chi connectivity index (χ1v) is 37.2. The minimum absolute atomic E-state index is 0.0946.